The highest BCUT2D eigenvalue weighted by molar-refractivity contribution is 14.0. The zero-order valence-electron chi connectivity index (χ0n) is 16.8. The molecule has 0 amide bonds. The van der Waals surface area contributed by atoms with Crippen LogP contribution >= 0.6 is 24.0 Å². The molecule has 7 nitrogen and oxygen atoms in total. The lowest BCUT2D eigenvalue weighted by molar-refractivity contribution is -0.0180. The minimum Gasteiger partial charge on any atom is -0.387 e. The van der Waals surface area contributed by atoms with Gasteiger partial charge < -0.3 is 20.5 Å². The molecule has 1 aliphatic carbocycles. The minimum absolute atomic E-state index is 0. The standard InChI is InChI=1S/C18H37N5O2.HI/c1-5-19-17(20-12-15(2)22(4)16-6-7-16)21-13-18(3,24)14-23-8-10-25-11-9-23;/h15-16,24H,5-14H2,1-4H3,(H2,19,20,21);1H. The molecule has 3 N–H and O–H groups in total. The zero-order chi connectivity index (χ0) is 18.3. The van der Waals surface area contributed by atoms with Gasteiger partial charge in [0.1, 0.15) is 0 Å². The smallest absolute Gasteiger partial charge is 0.191 e. The van der Waals surface area contributed by atoms with E-state index in [0.29, 0.717) is 19.1 Å². The third kappa shape index (κ3) is 8.69. The first-order valence-corrected chi connectivity index (χ1v) is 9.68. The quantitative estimate of drug-likeness (QED) is 0.255. The summed E-state index contributed by atoms with van der Waals surface area (Å²) < 4.78 is 5.36. The third-order valence-electron chi connectivity index (χ3n) is 4.97. The van der Waals surface area contributed by atoms with Crippen molar-refractivity contribution in [2.75, 3.05) is 59.5 Å². The lowest BCUT2D eigenvalue weighted by Crippen LogP contribution is -2.49. The molecule has 0 bridgehead atoms. The van der Waals surface area contributed by atoms with Crippen molar-refractivity contribution in [1.82, 2.24) is 20.4 Å². The Morgan fingerprint density at radius 1 is 1.35 bits per heavy atom. The maximum absolute atomic E-state index is 10.7. The van der Waals surface area contributed by atoms with Crippen LogP contribution in [0.2, 0.25) is 0 Å². The second kappa shape index (κ2) is 11.6. The van der Waals surface area contributed by atoms with E-state index in [1.165, 1.54) is 12.8 Å². The predicted octanol–water partition coefficient (Wildman–Crippen LogP) is 0.725. The van der Waals surface area contributed by atoms with E-state index >= 15 is 0 Å². The Balaban J connectivity index is 0.00000338. The lowest BCUT2D eigenvalue weighted by Gasteiger charge is -2.33. The zero-order valence-corrected chi connectivity index (χ0v) is 19.2. The summed E-state index contributed by atoms with van der Waals surface area (Å²) in [6.45, 7) is 12.1. The highest BCUT2D eigenvalue weighted by atomic mass is 127. The summed E-state index contributed by atoms with van der Waals surface area (Å²) in [5, 5.41) is 17.4. The van der Waals surface area contributed by atoms with E-state index < -0.39 is 5.60 Å². The second-order valence-corrected chi connectivity index (χ2v) is 7.71. The van der Waals surface area contributed by atoms with Crippen LogP contribution in [0.4, 0.5) is 0 Å². The number of nitrogens with one attached hydrogen (secondary N) is 2. The van der Waals surface area contributed by atoms with E-state index in [2.05, 4.69) is 46.3 Å². The Labute approximate surface area is 175 Å². The van der Waals surface area contributed by atoms with Gasteiger partial charge in [0, 0.05) is 44.8 Å². The molecule has 2 atom stereocenters. The lowest BCUT2D eigenvalue weighted by atomic mass is 10.1. The van der Waals surface area contributed by atoms with Crippen LogP contribution in [-0.4, -0.2) is 98.1 Å². The van der Waals surface area contributed by atoms with Crippen molar-refractivity contribution in [3.8, 4) is 0 Å². The maximum atomic E-state index is 10.7. The first-order chi connectivity index (χ1) is 11.9. The molecule has 0 spiro atoms. The number of ether oxygens (including phenoxy) is 1. The number of guanidine groups is 1. The van der Waals surface area contributed by atoms with Gasteiger partial charge >= 0.3 is 0 Å². The number of halogens is 1. The average Bonchev–Trinajstić information content (AvgIpc) is 3.42. The summed E-state index contributed by atoms with van der Waals surface area (Å²) in [6.07, 6.45) is 2.64. The van der Waals surface area contributed by atoms with Crippen molar-refractivity contribution < 1.29 is 9.84 Å². The fourth-order valence-electron chi connectivity index (χ4n) is 3.11. The molecule has 26 heavy (non-hydrogen) atoms. The van der Waals surface area contributed by atoms with Gasteiger partial charge in [-0.15, -0.1) is 24.0 Å². The van der Waals surface area contributed by atoms with Gasteiger partial charge in [-0.3, -0.25) is 14.8 Å². The number of rotatable bonds is 9. The molecule has 1 saturated heterocycles. The molecular weight excluding hydrogens is 445 g/mol. The number of morpholine rings is 1. The summed E-state index contributed by atoms with van der Waals surface area (Å²) in [4.78, 5) is 9.29. The van der Waals surface area contributed by atoms with Crippen LogP contribution in [0.3, 0.4) is 0 Å². The molecule has 2 aliphatic rings. The Morgan fingerprint density at radius 3 is 2.58 bits per heavy atom. The summed E-state index contributed by atoms with van der Waals surface area (Å²) in [7, 11) is 2.20. The van der Waals surface area contributed by atoms with Crippen molar-refractivity contribution >= 4 is 29.9 Å². The molecule has 1 saturated carbocycles. The van der Waals surface area contributed by atoms with E-state index in [-0.39, 0.29) is 24.0 Å². The predicted molar refractivity (Wildman–Crippen MR) is 118 cm³/mol. The molecule has 2 rings (SSSR count). The molecule has 1 aliphatic heterocycles. The van der Waals surface area contributed by atoms with E-state index in [1.807, 2.05) is 6.92 Å². The SMILES string of the molecule is CCNC(=NCC(C)(O)CN1CCOCC1)NCC(C)N(C)C1CC1.I. The minimum atomic E-state index is -0.837. The fraction of sp³-hybridized carbons (Fsp3) is 0.944. The van der Waals surface area contributed by atoms with Crippen molar-refractivity contribution in [2.24, 2.45) is 4.99 Å². The number of β-amino-alcohol motifs (C(OH)–C–C–N with tert-alkyl or cyclic N) is 1. The summed E-state index contributed by atoms with van der Waals surface area (Å²) >= 11 is 0. The van der Waals surface area contributed by atoms with Crippen LogP contribution in [-0.2, 0) is 4.74 Å². The van der Waals surface area contributed by atoms with Gasteiger partial charge in [-0.1, -0.05) is 0 Å². The molecular formula is C18H38IN5O2. The largest absolute Gasteiger partial charge is 0.387 e. The van der Waals surface area contributed by atoms with E-state index in [1.54, 1.807) is 0 Å². The van der Waals surface area contributed by atoms with Crippen molar-refractivity contribution in [3.05, 3.63) is 0 Å². The van der Waals surface area contributed by atoms with Crippen LogP contribution in [0, 0.1) is 0 Å². The number of aliphatic hydroxyl groups is 1. The van der Waals surface area contributed by atoms with Gasteiger partial charge in [-0.2, -0.15) is 0 Å². The fourth-order valence-corrected chi connectivity index (χ4v) is 3.11. The van der Waals surface area contributed by atoms with E-state index in [4.69, 9.17) is 4.74 Å². The van der Waals surface area contributed by atoms with Crippen molar-refractivity contribution in [2.45, 2.75) is 51.3 Å². The van der Waals surface area contributed by atoms with Crippen LogP contribution < -0.4 is 10.6 Å². The third-order valence-corrected chi connectivity index (χ3v) is 4.97. The first-order valence-electron chi connectivity index (χ1n) is 9.68. The second-order valence-electron chi connectivity index (χ2n) is 7.71. The van der Waals surface area contributed by atoms with Crippen molar-refractivity contribution in [1.29, 1.82) is 0 Å². The van der Waals surface area contributed by atoms with Gasteiger partial charge in [-0.05, 0) is 40.7 Å². The molecule has 2 unspecified atom stereocenters. The molecule has 0 radical (unpaired) electrons. The van der Waals surface area contributed by atoms with Crippen LogP contribution in [0.1, 0.15) is 33.6 Å². The number of hydrogen-bond donors (Lipinski definition) is 3. The van der Waals surface area contributed by atoms with Crippen molar-refractivity contribution in [3.63, 3.8) is 0 Å². The topological polar surface area (TPSA) is 72.4 Å². The average molecular weight is 483 g/mol. The summed E-state index contributed by atoms with van der Waals surface area (Å²) in [5.41, 5.74) is -0.837. The molecule has 0 aromatic rings. The van der Waals surface area contributed by atoms with Gasteiger partial charge in [0.05, 0.1) is 25.4 Å². The molecule has 2 fully saturated rings. The maximum Gasteiger partial charge on any atom is 0.191 e. The van der Waals surface area contributed by atoms with Crippen LogP contribution in [0.25, 0.3) is 0 Å². The Bertz CT molecular complexity index is 426. The molecule has 8 heteroatoms. The summed E-state index contributed by atoms with van der Waals surface area (Å²) in [6, 6.07) is 1.22. The Kier molecular flexibility index (Phi) is 10.7. The number of aliphatic imine (C=N–C) groups is 1. The van der Waals surface area contributed by atoms with E-state index in [0.717, 1.165) is 51.4 Å². The Hall–Kier alpha value is -0.160. The van der Waals surface area contributed by atoms with Gasteiger partial charge in [0.15, 0.2) is 5.96 Å². The van der Waals surface area contributed by atoms with Crippen LogP contribution in [0.5, 0.6) is 0 Å². The highest BCUT2D eigenvalue weighted by Crippen LogP contribution is 2.26. The number of likely N-dealkylation sites (N-methyl/N-ethyl adjacent to an activating group) is 1. The summed E-state index contributed by atoms with van der Waals surface area (Å²) in [5.74, 6) is 0.779. The van der Waals surface area contributed by atoms with E-state index in [9.17, 15) is 5.11 Å². The van der Waals surface area contributed by atoms with Crippen LogP contribution in [0.15, 0.2) is 4.99 Å². The van der Waals surface area contributed by atoms with Gasteiger partial charge in [-0.25, -0.2) is 0 Å². The van der Waals surface area contributed by atoms with Gasteiger partial charge in [0.2, 0.25) is 0 Å². The molecule has 0 aromatic heterocycles. The highest BCUT2D eigenvalue weighted by Gasteiger charge is 2.29. The van der Waals surface area contributed by atoms with Gasteiger partial charge in [0.25, 0.3) is 0 Å². The monoisotopic (exact) mass is 483 g/mol. The normalized spacial score (nSPS) is 22.5. The molecule has 154 valence electrons. The molecule has 1 heterocycles. The Morgan fingerprint density at radius 2 is 2.00 bits per heavy atom. The number of nitrogens with zero attached hydrogens (tertiary/aromatic N) is 3. The molecule has 0 aromatic carbocycles. The number of hydrogen-bond acceptors (Lipinski definition) is 5. The first kappa shape index (κ1) is 23.9.